The van der Waals surface area contributed by atoms with Crippen LogP contribution >= 0.6 is 12.2 Å². The first-order chi connectivity index (χ1) is 27.9. The normalized spacial score (nSPS) is 20.8. The van der Waals surface area contributed by atoms with Gasteiger partial charge in [-0.15, -0.1) is 0 Å². The van der Waals surface area contributed by atoms with Crippen LogP contribution in [0.4, 0.5) is 24.5 Å². The summed E-state index contributed by atoms with van der Waals surface area (Å²) in [4.78, 5) is 57.3. The molecular formula is C39H38F3N7O8S2. The first-order valence-corrected chi connectivity index (χ1v) is 20.4. The Balaban J connectivity index is 0.865. The number of halogens is 3. The molecule has 3 aromatic rings. The van der Waals surface area contributed by atoms with Gasteiger partial charge in [0.05, 0.1) is 28.4 Å². The summed E-state index contributed by atoms with van der Waals surface area (Å²) >= 11 is 5.62. The fourth-order valence-electron chi connectivity index (χ4n) is 7.50. The molecule has 4 amide bonds. The van der Waals surface area contributed by atoms with Gasteiger partial charge in [-0.2, -0.15) is 18.4 Å². The molecule has 0 saturated carbocycles. The molecule has 3 saturated heterocycles. The molecule has 4 aliphatic heterocycles. The van der Waals surface area contributed by atoms with Crippen molar-refractivity contribution in [3.05, 3.63) is 77.4 Å². The molecule has 310 valence electrons. The van der Waals surface area contributed by atoms with Crippen molar-refractivity contribution in [2.45, 2.75) is 49.3 Å². The number of piperidine rings is 1. The van der Waals surface area contributed by atoms with Gasteiger partial charge in [0.15, 0.2) is 5.11 Å². The smallest absolute Gasteiger partial charge is 0.417 e. The number of anilines is 2. The van der Waals surface area contributed by atoms with Gasteiger partial charge >= 0.3 is 6.18 Å². The number of amides is 4. The van der Waals surface area contributed by atoms with E-state index in [1.807, 2.05) is 0 Å². The van der Waals surface area contributed by atoms with E-state index in [0.717, 1.165) is 43.2 Å². The number of imide groups is 1. The van der Waals surface area contributed by atoms with Gasteiger partial charge in [0.25, 0.3) is 27.7 Å². The quantitative estimate of drug-likeness (QED) is 0.220. The number of sulfonamides is 1. The summed E-state index contributed by atoms with van der Waals surface area (Å²) in [6.07, 6.45) is -4.97. The Labute approximate surface area is 342 Å². The van der Waals surface area contributed by atoms with Gasteiger partial charge in [0, 0.05) is 57.4 Å². The molecule has 1 unspecified atom stereocenters. The molecule has 1 atom stereocenters. The molecule has 0 aliphatic carbocycles. The molecule has 4 heterocycles. The molecular weight excluding hydrogens is 816 g/mol. The standard InChI is InChI=1S/C39H38F3N7O8S2/c1-38(2)36(53)47(26-4-3-24(23-43)30(21-26)39(40,41)42)37(58)48(38)25-5-7-27(8-6-25)56-19-17-45-13-15-46(16-14-45)18-20-57-28-9-10-29-32(22-28)59(54,55)49(35(29)52)31-11-12-33(50)44-34(31)51/h3-10,21-22,31H,11-20H2,1-2H3,(H,44,50,51). The zero-order valence-electron chi connectivity index (χ0n) is 31.8. The van der Waals surface area contributed by atoms with Crippen molar-refractivity contribution in [3.8, 4) is 17.6 Å². The Morgan fingerprint density at radius 3 is 2.07 bits per heavy atom. The second-order valence-corrected chi connectivity index (χ2v) is 16.9. The van der Waals surface area contributed by atoms with Crippen molar-refractivity contribution in [2.24, 2.45) is 0 Å². The number of carbonyl (C=O) groups excluding carboxylic acids is 4. The monoisotopic (exact) mass is 853 g/mol. The Morgan fingerprint density at radius 1 is 0.881 bits per heavy atom. The Kier molecular flexibility index (Phi) is 11.2. The number of thiocarbonyl (C=S) groups is 1. The molecule has 20 heteroatoms. The van der Waals surface area contributed by atoms with Crippen LogP contribution in [0.5, 0.6) is 11.5 Å². The third kappa shape index (κ3) is 7.94. The highest BCUT2D eigenvalue weighted by Crippen LogP contribution is 2.40. The molecule has 1 N–H and O–H groups in total. The van der Waals surface area contributed by atoms with Crippen LogP contribution in [0.3, 0.4) is 0 Å². The lowest BCUT2D eigenvalue weighted by Crippen LogP contribution is -2.54. The van der Waals surface area contributed by atoms with Gasteiger partial charge in [-0.25, -0.2) is 12.7 Å². The number of nitriles is 1. The Hall–Kier alpha value is -5.62. The maximum absolute atomic E-state index is 13.7. The molecule has 0 radical (unpaired) electrons. The SMILES string of the molecule is CC1(C)C(=O)N(c2ccc(C#N)c(C(F)(F)F)c2)C(=S)N1c1ccc(OCCN2CCN(CCOc3ccc4c(c3)S(=O)(=O)N(C3CCC(=O)NC3=O)C4=O)CC2)cc1. The average molecular weight is 854 g/mol. The van der Waals surface area contributed by atoms with E-state index in [1.54, 1.807) is 49.1 Å². The van der Waals surface area contributed by atoms with E-state index in [4.69, 9.17) is 21.7 Å². The van der Waals surface area contributed by atoms with Gasteiger partial charge in [-0.3, -0.25) is 39.2 Å². The van der Waals surface area contributed by atoms with Crippen LogP contribution in [-0.2, 0) is 30.6 Å². The first kappa shape index (κ1) is 41.5. The summed E-state index contributed by atoms with van der Waals surface area (Å²) in [5.74, 6) is -1.85. The van der Waals surface area contributed by atoms with Gasteiger partial charge in [-0.1, -0.05) is 0 Å². The Morgan fingerprint density at radius 2 is 1.47 bits per heavy atom. The van der Waals surface area contributed by atoms with E-state index < -0.39 is 62.5 Å². The van der Waals surface area contributed by atoms with E-state index in [1.165, 1.54) is 24.3 Å². The van der Waals surface area contributed by atoms with Gasteiger partial charge < -0.3 is 14.4 Å². The number of alkyl halides is 3. The molecule has 59 heavy (non-hydrogen) atoms. The van der Waals surface area contributed by atoms with E-state index >= 15 is 0 Å². The molecule has 0 spiro atoms. The maximum Gasteiger partial charge on any atom is 0.417 e. The minimum Gasteiger partial charge on any atom is -0.492 e. The fourth-order valence-corrected chi connectivity index (χ4v) is 9.79. The van der Waals surface area contributed by atoms with E-state index in [-0.39, 0.29) is 46.5 Å². The summed E-state index contributed by atoms with van der Waals surface area (Å²) in [5, 5.41) is 11.3. The number of nitrogens with zero attached hydrogens (tertiary/aromatic N) is 6. The number of benzene rings is 3. The van der Waals surface area contributed by atoms with Gasteiger partial charge in [0.2, 0.25) is 5.91 Å². The molecule has 0 bridgehead atoms. The van der Waals surface area contributed by atoms with Crippen LogP contribution in [0.25, 0.3) is 0 Å². The fraction of sp³-hybridized carbons (Fsp3) is 0.385. The highest BCUT2D eigenvalue weighted by Gasteiger charge is 2.51. The predicted molar refractivity (Wildman–Crippen MR) is 209 cm³/mol. The van der Waals surface area contributed by atoms with Crippen molar-refractivity contribution >= 4 is 62.4 Å². The van der Waals surface area contributed by atoms with E-state index in [0.29, 0.717) is 35.4 Å². The minimum absolute atomic E-state index is 0.00586. The number of nitrogens with one attached hydrogen (secondary N) is 1. The topological polar surface area (TPSA) is 173 Å². The van der Waals surface area contributed by atoms with E-state index in [9.17, 15) is 46.0 Å². The van der Waals surface area contributed by atoms with E-state index in [2.05, 4.69) is 15.1 Å². The van der Waals surface area contributed by atoms with Crippen LogP contribution in [0.2, 0.25) is 0 Å². The number of ether oxygens (including phenoxy) is 2. The number of carbonyl (C=O) groups is 4. The third-order valence-electron chi connectivity index (χ3n) is 10.7. The summed E-state index contributed by atoms with van der Waals surface area (Å²) in [7, 11) is -4.32. The van der Waals surface area contributed by atoms with Crippen molar-refractivity contribution in [1.29, 1.82) is 5.26 Å². The van der Waals surface area contributed by atoms with Crippen molar-refractivity contribution in [3.63, 3.8) is 0 Å². The second kappa shape index (κ2) is 15.9. The number of fused-ring (bicyclic) bond motifs is 1. The molecule has 3 fully saturated rings. The van der Waals surface area contributed by atoms with Gasteiger partial charge in [0.1, 0.15) is 41.2 Å². The lowest BCUT2D eigenvalue weighted by atomic mass is 10.0. The van der Waals surface area contributed by atoms with Crippen molar-refractivity contribution in [2.75, 3.05) is 62.3 Å². The van der Waals surface area contributed by atoms with Crippen LogP contribution in [0.15, 0.2) is 65.6 Å². The van der Waals surface area contributed by atoms with Crippen LogP contribution in [0, 0.1) is 11.3 Å². The number of hydrogen-bond donors (Lipinski definition) is 1. The summed E-state index contributed by atoms with van der Waals surface area (Å²) in [5.41, 5.74) is -2.55. The van der Waals surface area contributed by atoms with Crippen LogP contribution < -0.4 is 24.6 Å². The molecule has 15 nitrogen and oxygen atoms in total. The summed E-state index contributed by atoms with van der Waals surface area (Å²) < 4.78 is 80.1. The largest absolute Gasteiger partial charge is 0.492 e. The number of piperazine rings is 1. The van der Waals surface area contributed by atoms with Crippen molar-refractivity contribution in [1.82, 2.24) is 19.4 Å². The second-order valence-electron chi connectivity index (χ2n) is 14.8. The first-order valence-electron chi connectivity index (χ1n) is 18.6. The molecule has 7 rings (SSSR count). The summed E-state index contributed by atoms with van der Waals surface area (Å²) in [6.45, 7) is 8.20. The zero-order valence-corrected chi connectivity index (χ0v) is 33.5. The van der Waals surface area contributed by atoms with Crippen LogP contribution in [-0.4, -0.2) is 115 Å². The molecule has 0 aromatic heterocycles. The minimum atomic E-state index is -4.80. The maximum atomic E-state index is 13.7. The molecule has 4 aliphatic rings. The Bertz CT molecular complexity index is 2380. The van der Waals surface area contributed by atoms with Gasteiger partial charge in [-0.05, 0) is 87.1 Å². The zero-order chi connectivity index (χ0) is 42.4. The number of hydrogen-bond acceptors (Lipinski definition) is 12. The average Bonchev–Trinajstić information content (AvgIpc) is 3.50. The summed E-state index contributed by atoms with van der Waals surface area (Å²) in [6, 6.07) is 14.4. The lowest BCUT2D eigenvalue weighted by Gasteiger charge is -2.34. The highest BCUT2D eigenvalue weighted by molar-refractivity contribution is 7.90. The predicted octanol–water partition coefficient (Wildman–Crippen LogP) is 3.52. The third-order valence-corrected chi connectivity index (χ3v) is 12.9. The number of rotatable bonds is 11. The highest BCUT2D eigenvalue weighted by atomic mass is 32.2. The lowest BCUT2D eigenvalue weighted by molar-refractivity contribution is -0.138. The molecule has 3 aromatic carbocycles. The van der Waals surface area contributed by atoms with Crippen molar-refractivity contribution < 1.29 is 50.2 Å². The van der Waals surface area contributed by atoms with Crippen LogP contribution in [0.1, 0.15) is 48.2 Å².